The van der Waals surface area contributed by atoms with Crippen LogP contribution in [0.5, 0.6) is 0 Å². The van der Waals surface area contributed by atoms with E-state index in [1.54, 1.807) is 0 Å². The largest absolute Gasteiger partial charge is 0.391 e. The number of rotatable bonds is 3. The molecule has 0 unspecified atom stereocenters. The normalized spacial score (nSPS) is 19.4. The molecule has 114 valence electrons. The van der Waals surface area contributed by atoms with Crippen molar-refractivity contribution in [1.82, 2.24) is 4.31 Å². The third-order valence-electron chi connectivity index (χ3n) is 3.39. The third-order valence-corrected chi connectivity index (χ3v) is 6.37. The van der Waals surface area contributed by atoms with Gasteiger partial charge in [-0.05, 0) is 18.9 Å². The minimum atomic E-state index is -4.25. The molecule has 9 heteroatoms. The molecule has 1 aromatic heterocycles. The number of piperidine rings is 1. The van der Waals surface area contributed by atoms with E-state index in [4.69, 9.17) is 5.73 Å². The summed E-state index contributed by atoms with van der Waals surface area (Å²) >= 11 is 1.23. The lowest BCUT2D eigenvalue weighted by molar-refractivity contribution is -0.182. The van der Waals surface area contributed by atoms with Gasteiger partial charge in [0.25, 0.3) is 0 Å². The molecule has 0 atom stereocenters. The lowest BCUT2D eigenvalue weighted by Crippen LogP contribution is -2.41. The molecule has 1 aliphatic rings. The van der Waals surface area contributed by atoms with Gasteiger partial charge in [-0.25, -0.2) is 8.42 Å². The second-order valence-corrected chi connectivity index (χ2v) is 7.61. The van der Waals surface area contributed by atoms with Gasteiger partial charge in [-0.3, -0.25) is 0 Å². The Hall–Kier alpha value is -0.640. The van der Waals surface area contributed by atoms with Gasteiger partial charge in [0, 0.05) is 29.9 Å². The minimum absolute atomic E-state index is 0.0969. The third kappa shape index (κ3) is 3.16. The molecule has 0 radical (unpaired) electrons. The lowest BCUT2D eigenvalue weighted by Gasteiger charge is -2.31. The summed E-state index contributed by atoms with van der Waals surface area (Å²) < 4.78 is 63.4. The van der Waals surface area contributed by atoms with E-state index in [1.165, 1.54) is 22.8 Å². The first-order valence-electron chi connectivity index (χ1n) is 6.09. The highest BCUT2D eigenvalue weighted by Gasteiger charge is 2.43. The van der Waals surface area contributed by atoms with E-state index in [2.05, 4.69) is 0 Å². The van der Waals surface area contributed by atoms with Crippen molar-refractivity contribution >= 4 is 21.4 Å². The Morgan fingerprint density at radius 3 is 2.40 bits per heavy atom. The molecule has 1 fully saturated rings. The van der Waals surface area contributed by atoms with Crippen molar-refractivity contribution in [2.45, 2.75) is 30.5 Å². The maximum Gasteiger partial charge on any atom is 0.391 e. The van der Waals surface area contributed by atoms with Crippen LogP contribution < -0.4 is 5.73 Å². The summed E-state index contributed by atoms with van der Waals surface area (Å²) in [5, 5.41) is 1.48. The smallest absolute Gasteiger partial charge is 0.326 e. The van der Waals surface area contributed by atoms with Crippen molar-refractivity contribution in [3.05, 3.63) is 16.3 Å². The molecular formula is C11H15F3N2O2S2. The van der Waals surface area contributed by atoms with Crippen LogP contribution in [0.25, 0.3) is 0 Å². The van der Waals surface area contributed by atoms with Crippen molar-refractivity contribution in [2.24, 2.45) is 11.7 Å². The highest BCUT2D eigenvalue weighted by atomic mass is 32.2. The van der Waals surface area contributed by atoms with Gasteiger partial charge in [-0.1, -0.05) is 0 Å². The summed E-state index contributed by atoms with van der Waals surface area (Å²) in [4.78, 5) is 0.849. The van der Waals surface area contributed by atoms with E-state index in [-0.39, 0.29) is 37.4 Å². The predicted octanol–water partition coefficient (Wildman–Crippen LogP) is 2.17. The van der Waals surface area contributed by atoms with Gasteiger partial charge in [-0.15, -0.1) is 11.3 Å². The lowest BCUT2D eigenvalue weighted by atomic mass is 9.98. The molecule has 1 saturated heterocycles. The van der Waals surface area contributed by atoms with Gasteiger partial charge in [0.15, 0.2) is 0 Å². The van der Waals surface area contributed by atoms with E-state index in [9.17, 15) is 21.6 Å². The molecule has 0 spiro atoms. The molecule has 0 amide bonds. The van der Waals surface area contributed by atoms with Crippen LogP contribution in [0.4, 0.5) is 13.2 Å². The fraction of sp³-hybridized carbons (Fsp3) is 0.636. The van der Waals surface area contributed by atoms with Crippen LogP contribution >= 0.6 is 11.3 Å². The number of hydrogen-bond donors (Lipinski definition) is 1. The number of nitrogens with zero attached hydrogens (tertiary/aromatic N) is 1. The van der Waals surface area contributed by atoms with E-state index in [0.717, 1.165) is 9.18 Å². The van der Waals surface area contributed by atoms with Crippen LogP contribution in [0.2, 0.25) is 0 Å². The molecule has 2 heterocycles. The maximum atomic E-state index is 12.6. The highest BCUT2D eigenvalue weighted by Crippen LogP contribution is 2.35. The molecule has 0 bridgehead atoms. The molecule has 1 aromatic rings. The molecule has 1 aliphatic heterocycles. The first kappa shape index (κ1) is 15.7. The van der Waals surface area contributed by atoms with E-state index >= 15 is 0 Å². The number of halogens is 3. The number of alkyl halides is 3. The summed E-state index contributed by atoms with van der Waals surface area (Å²) in [5.74, 6) is -1.41. The van der Waals surface area contributed by atoms with E-state index < -0.39 is 22.1 Å². The van der Waals surface area contributed by atoms with Gasteiger partial charge >= 0.3 is 6.18 Å². The Bertz CT molecular complexity index is 560. The topological polar surface area (TPSA) is 63.4 Å². The van der Waals surface area contributed by atoms with Gasteiger partial charge in [0.1, 0.15) is 0 Å². The Morgan fingerprint density at radius 2 is 1.95 bits per heavy atom. The Balaban J connectivity index is 2.09. The fourth-order valence-electron chi connectivity index (χ4n) is 2.18. The molecule has 4 nitrogen and oxygen atoms in total. The Kier molecular flexibility index (Phi) is 4.43. The van der Waals surface area contributed by atoms with Crippen LogP contribution in [-0.4, -0.2) is 32.0 Å². The van der Waals surface area contributed by atoms with Crippen molar-refractivity contribution in [2.75, 3.05) is 13.1 Å². The standard InChI is InChI=1S/C11H15F3N2O2S2/c12-11(13,14)8-1-3-16(4-2-8)20(17,18)10-5-9(6-15)19-7-10/h5,7-8H,1-4,6,15H2. The van der Waals surface area contributed by atoms with Gasteiger partial charge in [0.2, 0.25) is 10.0 Å². The van der Waals surface area contributed by atoms with Gasteiger partial charge in [-0.2, -0.15) is 17.5 Å². The maximum absolute atomic E-state index is 12.6. The van der Waals surface area contributed by atoms with Crippen molar-refractivity contribution in [3.63, 3.8) is 0 Å². The zero-order chi connectivity index (χ0) is 15.0. The van der Waals surface area contributed by atoms with Gasteiger partial charge < -0.3 is 5.73 Å². The first-order valence-corrected chi connectivity index (χ1v) is 8.41. The highest BCUT2D eigenvalue weighted by molar-refractivity contribution is 7.89. The Labute approximate surface area is 119 Å². The van der Waals surface area contributed by atoms with E-state index in [0.29, 0.717) is 0 Å². The second kappa shape index (κ2) is 5.63. The summed E-state index contributed by atoms with van der Waals surface area (Å²) in [5.41, 5.74) is 5.43. The summed E-state index contributed by atoms with van der Waals surface area (Å²) in [6, 6.07) is 1.48. The summed E-state index contributed by atoms with van der Waals surface area (Å²) in [6.45, 7) is 0.0525. The number of hydrogen-bond acceptors (Lipinski definition) is 4. The number of nitrogens with two attached hydrogens (primary N) is 1. The van der Waals surface area contributed by atoms with E-state index in [1.807, 2.05) is 0 Å². The molecular weight excluding hydrogens is 313 g/mol. The zero-order valence-corrected chi connectivity index (χ0v) is 12.2. The molecule has 0 saturated carbocycles. The van der Waals surface area contributed by atoms with Gasteiger partial charge in [0.05, 0.1) is 10.8 Å². The quantitative estimate of drug-likeness (QED) is 0.925. The molecule has 2 N–H and O–H groups in total. The average Bonchev–Trinajstić information content (AvgIpc) is 2.87. The average molecular weight is 328 g/mol. The predicted molar refractivity (Wildman–Crippen MR) is 69.7 cm³/mol. The SMILES string of the molecule is NCc1cc(S(=O)(=O)N2CCC(C(F)(F)F)CC2)cs1. The van der Waals surface area contributed by atoms with Crippen LogP contribution in [0.3, 0.4) is 0 Å². The summed E-state index contributed by atoms with van der Waals surface area (Å²) in [6.07, 6.45) is -4.61. The van der Waals surface area contributed by atoms with Crippen molar-refractivity contribution in [3.8, 4) is 0 Å². The molecule has 0 aromatic carbocycles. The van der Waals surface area contributed by atoms with Crippen LogP contribution in [-0.2, 0) is 16.6 Å². The van der Waals surface area contributed by atoms with Crippen molar-refractivity contribution < 1.29 is 21.6 Å². The molecule has 2 rings (SSSR count). The molecule has 20 heavy (non-hydrogen) atoms. The Morgan fingerprint density at radius 1 is 1.35 bits per heavy atom. The summed E-state index contributed by atoms with van der Waals surface area (Å²) in [7, 11) is -3.70. The molecule has 0 aliphatic carbocycles. The monoisotopic (exact) mass is 328 g/mol. The van der Waals surface area contributed by atoms with Crippen molar-refractivity contribution in [1.29, 1.82) is 0 Å². The minimum Gasteiger partial charge on any atom is -0.326 e. The first-order chi connectivity index (χ1) is 9.25. The number of thiophene rings is 1. The zero-order valence-electron chi connectivity index (χ0n) is 10.6. The second-order valence-electron chi connectivity index (χ2n) is 4.67. The van der Waals surface area contributed by atoms with Crippen LogP contribution in [0.15, 0.2) is 16.3 Å². The van der Waals surface area contributed by atoms with Crippen LogP contribution in [0.1, 0.15) is 17.7 Å². The number of sulfonamides is 1. The fourth-order valence-corrected chi connectivity index (χ4v) is 4.79. The van der Waals surface area contributed by atoms with Crippen LogP contribution in [0, 0.1) is 5.92 Å².